The molecule has 23 heavy (non-hydrogen) atoms. The van der Waals surface area contributed by atoms with E-state index in [-0.39, 0.29) is 11.5 Å². The molecule has 0 saturated carbocycles. The van der Waals surface area contributed by atoms with Crippen LogP contribution < -0.4 is 5.32 Å². The molecule has 2 N–H and O–H groups in total. The van der Waals surface area contributed by atoms with Crippen LogP contribution in [0.3, 0.4) is 0 Å². The Hall–Kier alpha value is -1.35. The third-order valence-corrected chi connectivity index (χ3v) is 4.80. The second-order valence-electron chi connectivity index (χ2n) is 8.11. The summed E-state index contributed by atoms with van der Waals surface area (Å²) in [5, 5.41) is 12.8. The van der Waals surface area contributed by atoms with Crippen molar-refractivity contribution in [3.63, 3.8) is 0 Å². The molecule has 0 unspecified atom stereocenters. The van der Waals surface area contributed by atoms with Crippen molar-refractivity contribution in [3.05, 3.63) is 34.9 Å². The summed E-state index contributed by atoms with van der Waals surface area (Å²) in [7, 11) is 0. The highest BCUT2D eigenvalue weighted by atomic mass is 16.4. The maximum Gasteiger partial charge on any atom is 0.320 e. The summed E-state index contributed by atoms with van der Waals surface area (Å²) in [6.07, 6.45) is 6.45. The Morgan fingerprint density at radius 1 is 1.22 bits per heavy atom. The molecule has 2 rings (SSSR count). The van der Waals surface area contributed by atoms with Crippen molar-refractivity contribution in [1.29, 1.82) is 0 Å². The third-order valence-electron chi connectivity index (χ3n) is 4.80. The van der Waals surface area contributed by atoms with Gasteiger partial charge in [0.1, 0.15) is 6.04 Å². The zero-order valence-electron chi connectivity index (χ0n) is 15.0. The maximum atomic E-state index is 11.6. The first-order valence-electron chi connectivity index (χ1n) is 8.87. The van der Waals surface area contributed by atoms with E-state index in [1.54, 1.807) is 0 Å². The lowest BCUT2D eigenvalue weighted by Gasteiger charge is -2.25. The Kier molecular flexibility index (Phi) is 5.85. The van der Waals surface area contributed by atoms with Crippen LogP contribution in [0.15, 0.2) is 18.2 Å². The molecule has 0 fully saturated rings. The van der Waals surface area contributed by atoms with Gasteiger partial charge in [-0.3, -0.25) is 10.1 Å². The van der Waals surface area contributed by atoms with E-state index in [0.717, 1.165) is 12.8 Å². The lowest BCUT2D eigenvalue weighted by Crippen LogP contribution is -2.39. The Bertz CT molecular complexity index is 545. The average Bonchev–Trinajstić information content (AvgIpc) is 2.49. The molecule has 1 aliphatic rings. The van der Waals surface area contributed by atoms with E-state index in [1.807, 2.05) is 0 Å². The summed E-state index contributed by atoms with van der Waals surface area (Å²) in [4.78, 5) is 11.6. The number of hydrogen-bond acceptors (Lipinski definition) is 2. The maximum absolute atomic E-state index is 11.6. The number of fused-ring (bicyclic) bond motifs is 1. The molecule has 3 heteroatoms. The second kappa shape index (κ2) is 7.48. The van der Waals surface area contributed by atoms with Crippen LogP contribution in [0.2, 0.25) is 0 Å². The molecule has 0 saturated heterocycles. The van der Waals surface area contributed by atoms with Crippen molar-refractivity contribution in [1.82, 2.24) is 5.32 Å². The van der Waals surface area contributed by atoms with Crippen molar-refractivity contribution in [2.75, 3.05) is 0 Å². The molecule has 0 amide bonds. The van der Waals surface area contributed by atoms with Gasteiger partial charge >= 0.3 is 5.97 Å². The number of nitrogens with one attached hydrogen (secondary N) is 1. The molecule has 0 radical (unpaired) electrons. The highest BCUT2D eigenvalue weighted by Crippen LogP contribution is 2.26. The quantitative estimate of drug-likeness (QED) is 0.812. The zero-order valence-corrected chi connectivity index (χ0v) is 15.0. The standard InChI is InChI=1S/C20H31NO2/c1-14(21-18(19(22)23)11-12-20(2,3)4)16-10-9-15-7-5-6-8-17(15)13-16/h9-10,13-14,18,21H,5-8,11-12H2,1-4H3,(H,22,23)/t14-,18-/m0/s1. The number of aliphatic carboxylic acids is 1. The fraction of sp³-hybridized carbons (Fsp3) is 0.650. The number of rotatable bonds is 6. The zero-order chi connectivity index (χ0) is 17.0. The number of aryl methyl sites for hydroxylation is 2. The average molecular weight is 317 g/mol. The normalized spacial score (nSPS) is 17.4. The van der Waals surface area contributed by atoms with Gasteiger partial charge in [0.05, 0.1) is 0 Å². The highest BCUT2D eigenvalue weighted by Gasteiger charge is 2.23. The summed E-state index contributed by atoms with van der Waals surface area (Å²) >= 11 is 0. The topological polar surface area (TPSA) is 49.3 Å². The molecule has 1 aromatic rings. The van der Waals surface area contributed by atoms with Gasteiger partial charge in [-0.2, -0.15) is 0 Å². The van der Waals surface area contributed by atoms with Gasteiger partial charge in [-0.05, 0) is 67.6 Å². The lowest BCUT2D eigenvalue weighted by molar-refractivity contribution is -0.140. The molecule has 0 bridgehead atoms. The van der Waals surface area contributed by atoms with Gasteiger partial charge in [-0.15, -0.1) is 0 Å². The predicted octanol–water partition coefficient (Wildman–Crippen LogP) is 4.50. The van der Waals surface area contributed by atoms with Crippen LogP contribution in [0.1, 0.15) is 76.1 Å². The number of carboxylic acid groups (broad SMARTS) is 1. The predicted molar refractivity (Wildman–Crippen MR) is 94.7 cm³/mol. The van der Waals surface area contributed by atoms with Crippen LogP contribution in [0.4, 0.5) is 0 Å². The van der Waals surface area contributed by atoms with Crippen LogP contribution in [0.25, 0.3) is 0 Å². The number of benzene rings is 1. The van der Waals surface area contributed by atoms with Gasteiger partial charge in [0.25, 0.3) is 0 Å². The van der Waals surface area contributed by atoms with E-state index in [9.17, 15) is 9.90 Å². The molecule has 3 nitrogen and oxygen atoms in total. The van der Waals surface area contributed by atoms with Crippen molar-refractivity contribution in [3.8, 4) is 0 Å². The van der Waals surface area contributed by atoms with Gasteiger partial charge in [0, 0.05) is 6.04 Å². The SMILES string of the molecule is C[C@H](N[C@@H](CCC(C)(C)C)C(=O)O)c1ccc2c(c1)CCCC2. The van der Waals surface area contributed by atoms with Crippen molar-refractivity contribution in [2.24, 2.45) is 5.41 Å². The molecule has 0 heterocycles. The highest BCUT2D eigenvalue weighted by molar-refractivity contribution is 5.73. The van der Waals surface area contributed by atoms with E-state index in [2.05, 4.69) is 51.2 Å². The Morgan fingerprint density at radius 2 is 1.87 bits per heavy atom. The van der Waals surface area contributed by atoms with Crippen LogP contribution in [0, 0.1) is 5.41 Å². The first-order chi connectivity index (χ1) is 10.8. The van der Waals surface area contributed by atoms with E-state index in [4.69, 9.17) is 0 Å². The Balaban J connectivity index is 2.03. The lowest BCUT2D eigenvalue weighted by atomic mass is 9.88. The molecule has 1 aromatic carbocycles. The third kappa shape index (κ3) is 5.35. The van der Waals surface area contributed by atoms with Crippen LogP contribution in [0.5, 0.6) is 0 Å². The number of hydrogen-bond donors (Lipinski definition) is 2. The largest absolute Gasteiger partial charge is 0.480 e. The Labute approximate surface area is 140 Å². The summed E-state index contributed by atoms with van der Waals surface area (Å²) in [6, 6.07) is 6.23. The molecular weight excluding hydrogens is 286 g/mol. The molecule has 2 atom stereocenters. The van der Waals surface area contributed by atoms with E-state index in [0.29, 0.717) is 6.42 Å². The summed E-state index contributed by atoms with van der Waals surface area (Å²) < 4.78 is 0. The summed E-state index contributed by atoms with van der Waals surface area (Å²) in [5.74, 6) is -0.751. The van der Waals surface area contributed by atoms with Gasteiger partial charge in [0.2, 0.25) is 0 Å². The number of carboxylic acids is 1. The molecule has 0 spiro atoms. The van der Waals surface area contributed by atoms with Gasteiger partial charge in [-0.25, -0.2) is 0 Å². The number of carbonyl (C=O) groups is 1. The Morgan fingerprint density at radius 3 is 2.48 bits per heavy atom. The fourth-order valence-corrected chi connectivity index (χ4v) is 3.28. The van der Waals surface area contributed by atoms with Crippen molar-refractivity contribution < 1.29 is 9.90 Å². The fourth-order valence-electron chi connectivity index (χ4n) is 3.28. The van der Waals surface area contributed by atoms with Gasteiger partial charge < -0.3 is 5.11 Å². The van der Waals surface area contributed by atoms with E-state index < -0.39 is 12.0 Å². The minimum atomic E-state index is -0.751. The van der Waals surface area contributed by atoms with Crippen molar-refractivity contribution >= 4 is 5.97 Å². The molecule has 0 aromatic heterocycles. The van der Waals surface area contributed by atoms with Gasteiger partial charge in [0.15, 0.2) is 0 Å². The molecule has 0 aliphatic heterocycles. The molecule has 128 valence electrons. The minimum Gasteiger partial charge on any atom is -0.480 e. The minimum absolute atomic E-state index is 0.0586. The van der Waals surface area contributed by atoms with Crippen LogP contribution in [-0.2, 0) is 17.6 Å². The monoisotopic (exact) mass is 317 g/mol. The van der Waals surface area contributed by atoms with Crippen molar-refractivity contribution in [2.45, 2.75) is 78.3 Å². The molecular formula is C20H31NO2. The molecule has 1 aliphatic carbocycles. The smallest absolute Gasteiger partial charge is 0.320 e. The summed E-state index contributed by atoms with van der Waals surface area (Å²) in [6.45, 7) is 8.52. The van der Waals surface area contributed by atoms with Crippen LogP contribution >= 0.6 is 0 Å². The van der Waals surface area contributed by atoms with E-state index in [1.165, 1.54) is 36.0 Å². The van der Waals surface area contributed by atoms with Gasteiger partial charge in [-0.1, -0.05) is 39.0 Å². The first-order valence-corrected chi connectivity index (χ1v) is 8.87. The summed E-state index contributed by atoms with van der Waals surface area (Å²) in [5.41, 5.74) is 4.27. The van der Waals surface area contributed by atoms with Crippen LogP contribution in [-0.4, -0.2) is 17.1 Å². The van der Waals surface area contributed by atoms with E-state index >= 15 is 0 Å². The first kappa shape index (κ1) is 18.0. The second-order valence-corrected chi connectivity index (χ2v) is 8.11.